The number of carboxylic acid groups (broad SMARTS) is 1. The standard InChI is InChI=1S/C17H22F2N2O4/c1-20(11-16(23)24)9-13-10-21(7-8-25-13)15(22)6-5-12-3-2-4-14(18)17(12)19/h2-4,13H,5-11H2,1H3,(H,23,24)/t13-/m1/s1. The lowest BCUT2D eigenvalue weighted by Crippen LogP contribution is -2.49. The Hall–Kier alpha value is -2.06. The van der Waals surface area contributed by atoms with Gasteiger partial charge in [-0.1, -0.05) is 12.1 Å². The van der Waals surface area contributed by atoms with Gasteiger partial charge in [-0.05, 0) is 25.1 Å². The van der Waals surface area contributed by atoms with E-state index in [1.165, 1.54) is 12.1 Å². The molecule has 2 rings (SSSR count). The topological polar surface area (TPSA) is 70.1 Å². The lowest BCUT2D eigenvalue weighted by atomic mass is 10.1. The quantitative estimate of drug-likeness (QED) is 0.793. The summed E-state index contributed by atoms with van der Waals surface area (Å²) in [7, 11) is 1.67. The van der Waals surface area contributed by atoms with Gasteiger partial charge in [-0.25, -0.2) is 8.78 Å². The van der Waals surface area contributed by atoms with Crippen molar-refractivity contribution in [3.8, 4) is 0 Å². The van der Waals surface area contributed by atoms with Gasteiger partial charge in [0.25, 0.3) is 0 Å². The number of halogens is 2. The predicted molar refractivity (Wildman–Crippen MR) is 86.1 cm³/mol. The van der Waals surface area contributed by atoms with Gasteiger partial charge in [0, 0.05) is 26.1 Å². The Morgan fingerprint density at radius 2 is 2.16 bits per heavy atom. The van der Waals surface area contributed by atoms with Gasteiger partial charge in [0.15, 0.2) is 11.6 Å². The van der Waals surface area contributed by atoms with Crippen molar-refractivity contribution < 1.29 is 28.2 Å². The van der Waals surface area contributed by atoms with Crippen LogP contribution in [0.1, 0.15) is 12.0 Å². The van der Waals surface area contributed by atoms with Gasteiger partial charge in [-0.2, -0.15) is 0 Å². The summed E-state index contributed by atoms with van der Waals surface area (Å²) in [4.78, 5) is 26.3. The van der Waals surface area contributed by atoms with E-state index >= 15 is 0 Å². The van der Waals surface area contributed by atoms with Crippen LogP contribution in [-0.4, -0.2) is 72.7 Å². The van der Waals surface area contributed by atoms with Crippen LogP contribution in [0, 0.1) is 11.6 Å². The number of carbonyl (C=O) groups excluding carboxylic acids is 1. The largest absolute Gasteiger partial charge is 0.480 e. The number of hydrogen-bond acceptors (Lipinski definition) is 4. The number of aryl methyl sites for hydroxylation is 1. The molecule has 6 nitrogen and oxygen atoms in total. The molecule has 0 spiro atoms. The van der Waals surface area contributed by atoms with E-state index in [0.29, 0.717) is 26.2 Å². The van der Waals surface area contributed by atoms with E-state index in [0.717, 1.165) is 6.07 Å². The second-order valence-electron chi connectivity index (χ2n) is 6.14. The fraction of sp³-hybridized carbons (Fsp3) is 0.529. The fourth-order valence-electron chi connectivity index (χ4n) is 2.84. The van der Waals surface area contributed by atoms with Crippen LogP contribution in [0.25, 0.3) is 0 Å². The van der Waals surface area contributed by atoms with Crippen molar-refractivity contribution in [2.24, 2.45) is 0 Å². The molecule has 25 heavy (non-hydrogen) atoms. The minimum absolute atomic E-state index is 0.0814. The van der Waals surface area contributed by atoms with E-state index in [9.17, 15) is 18.4 Å². The molecule has 0 bridgehead atoms. The van der Waals surface area contributed by atoms with Gasteiger partial charge in [0.2, 0.25) is 5.91 Å². The van der Waals surface area contributed by atoms with Crippen LogP contribution < -0.4 is 0 Å². The van der Waals surface area contributed by atoms with Gasteiger partial charge in [0.1, 0.15) is 0 Å². The molecule has 0 aromatic heterocycles. The van der Waals surface area contributed by atoms with Crippen LogP contribution in [0.4, 0.5) is 8.78 Å². The Labute approximate surface area is 145 Å². The summed E-state index contributed by atoms with van der Waals surface area (Å²) in [6.45, 7) is 1.45. The van der Waals surface area contributed by atoms with Crippen molar-refractivity contribution in [1.82, 2.24) is 9.80 Å². The Kier molecular flexibility index (Phi) is 6.83. The first-order chi connectivity index (χ1) is 11.9. The molecule has 0 aliphatic carbocycles. The highest BCUT2D eigenvalue weighted by Crippen LogP contribution is 2.15. The minimum atomic E-state index is -0.927. The zero-order valence-corrected chi connectivity index (χ0v) is 14.1. The van der Waals surface area contributed by atoms with Crippen molar-refractivity contribution in [2.45, 2.75) is 18.9 Å². The predicted octanol–water partition coefficient (Wildman–Crippen LogP) is 1.14. The van der Waals surface area contributed by atoms with Crippen molar-refractivity contribution in [1.29, 1.82) is 0 Å². The molecule has 1 atom stereocenters. The summed E-state index contributed by atoms with van der Waals surface area (Å²) >= 11 is 0. The fourth-order valence-corrected chi connectivity index (χ4v) is 2.84. The molecule has 0 unspecified atom stereocenters. The molecule has 0 radical (unpaired) electrons. The third kappa shape index (κ3) is 5.75. The number of carboxylic acids is 1. The number of benzene rings is 1. The number of likely N-dealkylation sites (N-methyl/N-ethyl adjacent to an activating group) is 1. The number of ether oxygens (including phenoxy) is 1. The lowest BCUT2D eigenvalue weighted by Gasteiger charge is -2.34. The molecule has 1 aliphatic heterocycles. The summed E-state index contributed by atoms with van der Waals surface area (Å²) in [6, 6.07) is 3.93. The number of hydrogen-bond donors (Lipinski definition) is 1. The minimum Gasteiger partial charge on any atom is -0.480 e. The molecule has 1 aromatic carbocycles. The molecule has 138 valence electrons. The summed E-state index contributed by atoms with van der Waals surface area (Å²) in [5.41, 5.74) is 0.180. The SMILES string of the molecule is CN(CC(=O)O)C[C@@H]1CN(C(=O)CCc2cccc(F)c2F)CCO1. The highest BCUT2D eigenvalue weighted by Gasteiger charge is 2.25. The third-order valence-corrected chi connectivity index (χ3v) is 4.05. The molecule has 1 aliphatic rings. The molecular formula is C17H22F2N2O4. The van der Waals surface area contributed by atoms with E-state index < -0.39 is 17.6 Å². The van der Waals surface area contributed by atoms with Crippen molar-refractivity contribution in [3.05, 3.63) is 35.4 Å². The molecule has 1 heterocycles. The maximum atomic E-state index is 13.6. The van der Waals surface area contributed by atoms with Crippen LogP contribution in [0.2, 0.25) is 0 Å². The van der Waals surface area contributed by atoms with E-state index in [2.05, 4.69) is 0 Å². The van der Waals surface area contributed by atoms with E-state index in [4.69, 9.17) is 9.84 Å². The van der Waals surface area contributed by atoms with Crippen LogP contribution in [-0.2, 0) is 20.7 Å². The van der Waals surface area contributed by atoms with Gasteiger partial charge in [-0.3, -0.25) is 14.5 Å². The van der Waals surface area contributed by atoms with Gasteiger partial charge < -0.3 is 14.7 Å². The molecule has 1 amide bonds. The average molecular weight is 356 g/mol. The summed E-state index contributed by atoms with van der Waals surface area (Å²) in [5.74, 6) is -2.91. The van der Waals surface area contributed by atoms with E-state index in [1.54, 1.807) is 16.8 Å². The first-order valence-corrected chi connectivity index (χ1v) is 8.09. The number of rotatable bonds is 7. The normalized spacial score (nSPS) is 17.8. The average Bonchev–Trinajstić information content (AvgIpc) is 2.55. The van der Waals surface area contributed by atoms with Gasteiger partial charge in [0.05, 0.1) is 19.3 Å². The number of carbonyl (C=O) groups is 2. The third-order valence-electron chi connectivity index (χ3n) is 4.05. The molecule has 0 saturated carbocycles. The Balaban J connectivity index is 1.84. The number of aliphatic carboxylic acids is 1. The van der Waals surface area contributed by atoms with Crippen molar-refractivity contribution in [3.63, 3.8) is 0 Å². The van der Waals surface area contributed by atoms with E-state index in [1.807, 2.05) is 0 Å². The summed E-state index contributed by atoms with van der Waals surface area (Å²) < 4.78 is 32.4. The summed E-state index contributed by atoms with van der Waals surface area (Å²) in [6.07, 6.45) is -0.0607. The molecule has 1 N–H and O–H groups in total. The summed E-state index contributed by atoms with van der Waals surface area (Å²) in [5, 5.41) is 8.77. The molecule has 1 aromatic rings. The van der Waals surface area contributed by atoms with Crippen LogP contribution >= 0.6 is 0 Å². The monoisotopic (exact) mass is 356 g/mol. The Morgan fingerprint density at radius 3 is 2.88 bits per heavy atom. The van der Waals surface area contributed by atoms with Gasteiger partial charge in [-0.15, -0.1) is 0 Å². The Morgan fingerprint density at radius 1 is 1.40 bits per heavy atom. The molecule has 8 heteroatoms. The molecule has 1 fully saturated rings. The second kappa shape index (κ2) is 8.87. The van der Waals surface area contributed by atoms with Crippen molar-refractivity contribution in [2.75, 3.05) is 39.8 Å². The van der Waals surface area contributed by atoms with Crippen LogP contribution in [0.15, 0.2) is 18.2 Å². The lowest BCUT2D eigenvalue weighted by molar-refractivity contribution is -0.142. The smallest absolute Gasteiger partial charge is 0.317 e. The Bertz CT molecular complexity index is 627. The zero-order chi connectivity index (χ0) is 18.4. The highest BCUT2D eigenvalue weighted by atomic mass is 19.2. The first kappa shape index (κ1) is 19.3. The van der Waals surface area contributed by atoms with Crippen LogP contribution in [0.5, 0.6) is 0 Å². The maximum Gasteiger partial charge on any atom is 0.317 e. The molecule has 1 saturated heterocycles. The number of amides is 1. The zero-order valence-electron chi connectivity index (χ0n) is 14.1. The maximum absolute atomic E-state index is 13.6. The van der Waals surface area contributed by atoms with Crippen molar-refractivity contribution >= 4 is 11.9 Å². The first-order valence-electron chi connectivity index (χ1n) is 8.09. The van der Waals surface area contributed by atoms with E-state index in [-0.39, 0.29) is 37.0 Å². The molecular weight excluding hydrogens is 334 g/mol. The second-order valence-corrected chi connectivity index (χ2v) is 6.14. The number of morpholine rings is 1. The number of nitrogens with zero attached hydrogens (tertiary/aromatic N) is 2. The van der Waals surface area contributed by atoms with Gasteiger partial charge >= 0.3 is 5.97 Å². The highest BCUT2D eigenvalue weighted by molar-refractivity contribution is 5.76. The van der Waals surface area contributed by atoms with Crippen LogP contribution in [0.3, 0.4) is 0 Å².